The van der Waals surface area contributed by atoms with Crippen LogP contribution in [0.25, 0.3) is 11.0 Å². The summed E-state index contributed by atoms with van der Waals surface area (Å²) in [5.74, 6) is 0.946. The molecule has 0 aliphatic carbocycles. The molecular formula is C24H29FN4O3. The minimum Gasteiger partial charge on any atom is -0.459 e. The average Bonchev–Trinajstić information content (AvgIpc) is 3.49. The Morgan fingerprint density at radius 1 is 1.12 bits per heavy atom. The Morgan fingerprint density at radius 2 is 1.94 bits per heavy atom. The monoisotopic (exact) mass is 440 g/mol. The molecule has 2 saturated heterocycles. The summed E-state index contributed by atoms with van der Waals surface area (Å²) in [6, 6.07) is 8.07. The van der Waals surface area contributed by atoms with Gasteiger partial charge in [0.05, 0.1) is 12.0 Å². The van der Waals surface area contributed by atoms with Crippen LogP contribution >= 0.6 is 0 Å². The fourth-order valence-corrected chi connectivity index (χ4v) is 4.96. The van der Waals surface area contributed by atoms with E-state index in [1.807, 2.05) is 5.01 Å². The van der Waals surface area contributed by atoms with Crippen LogP contribution in [0.15, 0.2) is 45.5 Å². The molecule has 5 rings (SSSR count). The van der Waals surface area contributed by atoms with E-state index in [0.717, 1.165) is 69.5 Å². The molecule has 0 radical (unpaired) electrons. The summed E-state index contributed by atoms with van der Waals surface area (Å²) in [6.45, 7) is 4.97. The summed E-state index contributed by atoms with van der Waals surface area (Å²) < 4.78 is 23.9. The highest BCUT2D eigenvalue weighted by atomic mass is 19.1. The van der Waals surface area contributed by atoms with E-state index in [0.29, 0.717) is 23.2 Å². The molecule has 0 atom stereocenters. The molecule has 0 saturated carbocycles. The molecule has 1 N–H and O–H groups in total. The van der Waals surface area contributed by atoms with Gasteiger partial charge < -0.3 is 13.8 Å². The van der Waals surface area contributed by atoms with Crippen LogP contribution in [0.4, 0.5) is 4.39 Å². The van der Waals surface area contributed by atoms with Gasteiger partial charge >= 0.3 is 5.91 Å². The van der Waals surface area contributed by atoms with E-state index >= 15 is 0 Å². The molecule has 0 unspecified atom stereocenters. The van der Waals surface area contributed by atoms with Crippen LogP contribution in [-0.2, 0) is 0 Å². The van der Waals surface area contributed by atoms with Crippen LogP contribution < -0.4 is 5.43 Å². The van der Waals surface area contributed by atoms with Crippen LogP contribution in [0.3, 0.4) is 0 Å². The first-order valence-electron chi connectivity index (χ1n) is 11.5. The van der Waals surface area contributed by atoms with Crippen molar-refractivity contribution < 1.29 is 18.1 Å². The quantitative estimate of drug-likeness (QED) is 0.620. The number of hydrogen-bond acceptors (Lipinski definition) is 6. The third-order valence-corrected chi connectivity index (χ3v) is 6.91. The molecule has 32 heavy (non-hydrogen) atoms. The van der Waals surface area contributed by atoms with E-state index in [1.165, 1.54) is 24.8 Å². The Labute approximate surface area is 186 Å². The zero-order valence-electron chi connectivity index (χ0n) is 18.1. The first-order chi connectivity index (χ1) is 15.7. The Morgan fingerprint density at radius 3 is 2.69 bits per heavy atom. The fourth-order valence-electron chi connectivity index (χ4n) is 4.96. The third kappa shape index (κ3) is 4.71. The Kier molecular flexibility index (Phi) is 6.23. The van der Waals surface area contributed by atoms with Gasteiger partial charge in [0, 0.05) is 30.5 Å². The molecule has 2 fully saturated rings. The first kappa shape index (κ1) is 21.2. The lowest BCUT2D eigenvalue weighted by Crippen LogP contribution is -2.47. The van der Waals surface area contributed by atoms with Crippen molar-refractivity contribution in [2.24, 2.45) is 5.92 Å². The predicted octanol–water partition coefficient (Wildman–Crippen LogP) is 4.19. The van der Waals surface area contributed by atoms with E-state index in [1.54, 1.807) is 18.2 Å². The van der Waals surface area contributed by atoms with Crippen molar-refractivity contribution in [3.63, 3.8) is 0 Å². The van der Waals surface area contributed by atoms with Gasteiger partial charge in [-0.15, -0.1) is 0 Å². The zero-order valence-corrected chi connectivity index (χ0v) is 18.1. The number of rotatable bonds is 6. The molecule has 3 aromatic rings. The largest absolute Gasteiger partial charge is 0.459 e. The summed E-state index contributed by atoms with van der Waals surface area (Å²) in [4.78, 5) is 14.7. The maximum Gasteiger partial charge on any atom is 0.301 e. The normalized spacial score (nSPS) is 19.5. The van der Waals surface area contributed by atoms with Gasteiger partial charge in [0.25, 0.3) is 0 Å². The number of carbonyl (C=O) groups excluding carboxylic acids is 1. The third-order valence-electron chi connectivity index (χ3n) is 6.91. The Balaban J connectivity index is 1.04. The summed E-state index contributed by atoms with van der Waals surface area (Å²) >= 11 is 0. The molecule has 0 bridgehead atoms. The van der Waals surface area contributed by atoms with Crippen molar-refractivity contribution >= 4 is 16.9 Å². The molecule has 2 aromatic heterocycles. The van der Waals surface area contributed by atoms with Crippen LogP contribution in [0.2, 0.25) is 0 Å². The summed E-state index contributed by atoms with van der Waals surface area (Å²) in [7, 11) is 0. The number of piperidine rings is 2. The second-order valence-corrected chi connectivity index (χ2v) is 8.96. The van der Waals surface area contributed by atoms with E-state index in [9.17, 15) is 9.18 Å². The number of benzene rings is 1. The molecule has 2 aliphatic rings. The van der Waals surface area contributed by atoms with Crippen LogP contribution in [0.1, 0.15) is 54.3 Å². The van der Waals surface area contributed by atoms with Gasteiger partial charge in [-0.1, -0.05) is 5.16 Å². The van der Waals surface area contributed by atoms with E-state index in [4.69, 9.17) is 8.94 Å². The molecule has 2 aliphatic heterocycles. The highest BCUT2D eigenvalue weighted by Crippen LogP contribution is 2.33. The topological polar surface area (TPSA) is 74.8 Å². The van der Waals surface area contributed by atoms with Gasteiger partial charge in [-0.25, -0.2) is 9.40 Å². The second-order valence-electron chi connectivity index (χ2n) is 8.96. The molecular weight excluding hydrogens is 411 g/mol. The number of carbonyl (C=O) groups is 1. The van der Waals surface area contributed by atoms with Crippen molar-refractivity contribution in [2.75, 3.05) is 32.7 Å². The maximum absolute atomic E-state index is 13.4. The number of aromatic nitrogens is 1. The average molecular weight is 441 g/mol. The van der Waals surface area contributed by atoms with E-state index in [2.05, 4.69) is 15.5 Å². The number of hydrazine groups is 1. The van der Waals surface area contributed by atoms with Gasteiger partial charge in [-0.3, -0.25) is 10.2 Å². The van der Waals surface area contributed by atoms with E-state index in [-0.39, 0.29) is 11.7 Å². The van der Waals surface area contributed by atoms with Crippen LogP contribution in [0.5, 0.6) is 0 Å². The highest BCUT2D eigenvalue weighted by Gasteiger charge is 2.26. The van der Waals surface area contributed by atoms with Gasteiger partial charge in [0.1, 0.15) is 5.82 Å². The SMILES string of the molecule is O=C(NN1CCC(CCN2CCC(c3noc4cc(F)ccc34)CC2)CC1)c1ccco1. The summed E-state index contributed by atoms with van der Waals surface area (Å²) in [5.41, 5.74) is 4.45. The van der Waals surface area contributed by atoms with Crippen LogP contribution in [-0.4, -0.2) is 53.7 Å². The molecule has 1 amide bonds. The minimum absolute atomic E-state index is 0.179. The molecule has 170 valence electrons. The Bertz CT molecular complexity index is 1030. The number of nitrogens with zero attached hydrogens (tertiary/aromatic N) is 3. The molecule has 1 aromatic carbocycles. The number of amides is 1. The lowest BCUT2D eigenvalue weighted by molar-refractivity contribution is 0.0657. The number of fused-ring (bicyclic) bond motifs is 1. The smallest absolute Gasteiger partial charge is 0.301 e. The zero-order chi connectivity index (χ0) is 21.9. The number of nitrogens with one attached hydrogen (secondary N) is 1. The van der Waals surface area contributed by atoms with Gasteiger partial charge in [-0.05, 0) is 81.9 Å². The number of furan rings is 1. The van der Waals surface area contributed by atoms with Crippen LogP contribution in [0, 0.1) is 11.7 Å². The van der Waals surface area contributed by atoms with Gasteiger partial charge in [0.15, 0.2) is 11.3 Å². The molecule has 8 heteroatoms. The molecule has 0 spiro atoms. The van der Waals surface area contributed by atoms with Crippen molar-refractivity contribution in [1.82, 2.24) is 20.5 Å². The Hall–Kier alpha value is -2.71. The summed E-state index contributed by atoms with van der Waals surface area (Å²) in [5, 5.41) is 7.19. The predicted molar refractivity (Wildman–Crippen MR) is 117 cm³/mol. The number of halogens is 1. The van der Waals surface area contributed by atoms with Crippen molar-refractivity contribution in [3.8, 4) is 0 Å². The summed E-state index contributed by atoms with van der Waals surface area (Å²) in [6.07, 6.45) is 7.00. The number of likely N-dealkylation sites (tertiary alicyclic amines) is 1. The lowest BCUT2D eigenvalue weighted by Gasteiger charge is -2.35. The number of hydrogen-bond donors (Lipinski definition) is 1. The van der Waals surface area contributed by atoms with Gasteiger partial charge in [0.2, 0.25) is 0 Å². The van der Waals surface area contributed by atoms with E-state index < -0.39 is 0 Å². The van der Waals surface area contributed by atoms with Gasteiger partial charge in [-0.2, -0.15) is 0 Å². The first-order valence-corrected chi connectivity index (χ1v) is 11.5. The lowest BCUT2D eigenvalue weighted by atomic mass is 9.90. The van der Waals surface area contributed by atoms with Crippen molar-refractivity contribution in [1.29, 1.82) is 0 Å². The standard InChI is InChI=1S/C24H29FN4O3/c25-19-3-4-20-22(16-19)32-27-23(20)18-8-11-28(12-9-18)10-5-17-6-13-29(14-7-17)26-24(30)21-2-1-15-31-21/h1-4,15-18H,5-14H2,(H,26,30). The molecule has 4 heterocycles. The second kappa shape index (κ2) is 9.42. The molecule has 7 nitrogen and oxygen atoms in total. The van der Waals surface area contributed by atoms with Crippen molar-refractivity contribution in [3.05, 3.63) is 53.9 Å². The van der Waals surface area contributed by atoms with Crippen molar-refractivity contribution in [2.45, 2.75) is 38.0 Å². The fraction of sp³-hybridized carbons (Fsp3) is 0.500. The highest BCUT2D eigenvalue weighted by molar-refractivity contribution is 5.90. The minimum atomic E-state index is -0.291. The maximum atomic E-state index is 13.4.